The SMILES string of the molecule is Cc1cc(CS(=O)O)ccc1C(=O)c1cnoc1C1CC1. The number of nitrogens with zero attached hydrogens (tertiary/aromatic N) is 1. The van der Waals surface area contributed by atoms with E-state index in [-0.39, 0.29) is 11.5 Å². The lowest BCUT2D eigenvalue weighted by Gasteiger charge is -2.06. The number of aryl methyl sites for hydroxylation is 1. The van der Waals surface area contributed by atoms with E-state index in [1.807, 2.05) is 6.92 Å². The molecule has 1 fully saturated rings. The smallest absolute Gasteiger partial charge is 0.198 e. The maximum atomic E-state index is 12.6. The zero-order valence-electron chi connectivity index (χ0n) is 11.5. The summed E-state index contributed by atoms with van der Waals surface area (Å²) < 4.78 is 25.0. The molecule has 0 radical (unpaired) electrons. The highest BCUT2D eigenvalue weighted by Gasteiger charge is 2.32. The summed E-state index contributed by atoms with van der Waals surface area (Å²) in [5, 5.41) is 3.75. The first-order valence-corrected chi connectivity index (χ1v) is 8.00. The van der Waals surface area contributed by atoms with E-state index in [1.54, 1.807) is 18.2 Å². The molecule has 1 N–H and O–H groups in total. The van der Waals surface area contributed by atoms with Crippen molar-refractivity contribution < 1.29 is 18.1 Å². The quantitative estimate of drug-likeness (QED) is 0.678. The minimum Gasteiger partial charge on any atom is -0.360 e. The minimum atomic E-state index is -1.88. The lowest BCUT2D eigenvalue weighted by atomic mass is 9.97. The summed E-state index contributed by atoms with van der Waals surface area (Å²) in [5.74, 6) is 0.964. The average Bonchev–Trinajstić information content (AvgIpc) is 3.15. The predicted molar refractivity (Wildman–Crippen MR) is 77.6 cm³/mol. The Hall–Kier alpha value is -1.79. The van der Waals surface area contributed by atoms with Crippen molar-refractivity contribution in [2.24, 2.45) is 0 Å². The minimum absolute atomic E-state index is 0.0654. The molecule has 1 aliphatic rings. The summed E-state index contributed by atoms with van der Waals surface area (Å²) >= 11 is -1.88. The second-order valence-corrected chi connectivity index (χ2v) is 6.25. The maximum absolute atomic E-state index is 12.6. The highest BCUT2D eigenvalue weighted by molar-refractivity contribution is 7.78. The Labute approximate surface area is 124 Å². The van der Waals surface area contributed by atoms with Crippen LogP contribution in [-0.4, -0.2) is 19.7 Å². The lowest BCUT2D eigenvalue weighted by Crippen LogP contribution is -2.06. The van der Waals surface area contributed by atoms with Gasteiger partial charge in [-0.25, -0.2) is 4.21 Å². The molecule has 2 aromatic rings. The Morgan fingerprint density at radius 2 is 2.19 bits per heavy atom. The van der Waals surface area contributed by atoms with Crippen molar-refractivity contribution in [2.45, 2.75) is 31.4 Å². The second-order valence-electron chi connectivity index (χ2n) is 5.32. The third-order valence-corrected chi connectivity index (χ3v) is 4.20. The predicted octanol–water partition coefficient (Wildman–Crippen LogP) is 2.81. The van der Waals surface area contributed by atoms with Crippen LogP contribution in [0.4, 0.5) is 0 Å². The lowest BCUT2D eigenvalue weighted by molar-refractivity contribution is 0.103. The van der Waals surface area contributed by atoms with Crippen LogP contribution in [0.2, 0.25) is 0 Å². The van der Waals surface area contributed by atoms with Gasteiger partial charge in [0, 0.05) is 11.5 Å². The van der Waals surface area contributed by atoms with Gasteiger partial charge in [-0.05, 0) is 30.9 Å². The molecule has 0 aliphatic heterocycles. The number of rotatable bonds is 5. The fraction of sp³-hybridized carbons (Fsp3) is 0.333. The molecule has 0 spiro atoms. The van der Waals surface area contributed by atoms with Gasteiger partial charge in [0.05, 0.1) is 17.5 Å². The topological polar surface area (TPSA) is 80.4 Å². The Morgan fingerprint density at radius 1 is 1.43 bits per heavy atom. The first kappa shape index (κ1) is 14.2. The highest BCUT2D eigenvalue weighted by atomic mass is 32.2. The van der Waals surface area contributed by atoms with Gasteiger partial charge >= 0.3 is 0 Å². The van der Waals surface area contributed by atoms with Crippen molar-refractivity contribution >= 4 is 16.9 Å². The molecule has 6 heteroatoms. The van der Waals surface area contributed by atoms with Gasteiger partial charge < -0.3 is 9.08 Å². The molecule has 0 saturated heterocycles. The fourth-order valence-electron chi connectivity index (χ4n) is 2.42. The Balaban J connectivity index is 1.90. The molecular formula is C15H15NO4S. The Morgan fingerprint density at radius 3 is 2.81 bits per heavy atom. The zero-order chi connectivity index (χ0) is 15.0. The van der Waals surface area contributed by atoms with E-state index < -0.39 is 11.1 Å². The van der Waals surface area contributed by atoms with E-state index in [2.05, 4.69) is 5.16 Å². The number of carbonyl (C=O) groups excluding carboxylic acids is 1. The third-order valence-electron chi connectivity index (χ3n) is 3.62. The summed E-state index contributed by atoms with van der Waals surface area (Å²) in [7, 11) is 0. The van der Waals surface area contributed by atoms with Crippen LogP contribution in [0, 0.1) is 6.92 Å². The number of aromatic nitrogens is 1. The van der Waals surface area contributed by atoms with E-state index in [4.69, 9.17) is 9.08 Å². The van der Waals surface area contributed by atoms with Gasteiger partial charge in [0.1, 0.15) is 0 Å². The van der Waals surface area contributed by atoms with Crippen LogP contribution in [0.3, 0.4) is 0 Å². The summed E-state index contributed by atoms with van der Waals surface area (Å²) in [6.07, 6.45) is 3.55. The van der Waals surface area contributed by atoms with Crippen molar-refractivity contribution in [1.29, 1.82) is 0 Å². The molecule has 5 nitrogen and oxygen atoms in total. The van der Waals surface area contributed by atoms with E-state index >= 15 is 0 Å². The van der Waals surface area contributed by atoms with Crippen molar-refractivity contribution in [3.63, 3.8) is 0 Å². The van der Waals surface area contributed by atoms with Crippen LogP contribution in [0.5, 0.6) is 0 Å². The van der Waals surface area contributed by atoms with Crippen molar-refractivity contribution in [3.8, 4) is 0 Å². The van der Waals surface area contributed by atoms with Crippen LogP contribution in [0.1, 0.15) is 51.6 Å². The Kier molecular flexibility index (Phi) is 3.73. The summed E-state index contributed by atoms with van der Waals surface area (Å²) in [6.45, 7) is 1.82. The van der Waals surface area contributed by atoms with E-state index in [0.29, 0.717) is 22.8 Å². The molecule has 110 valence electrons. The van der Waals surface area contributed by atoms with Crippen LogP contribution < -0.4 is 0 Å². The first-order valence-electron chi connectivity index (χ1n) is 6.72. The molecule has 1 unspecified atom stereocenters. The molecule has 3 rings (SSSR count). The number of hydrogen-bond acceptors (Lipinski definition) is 4. The summed E-state index contributed by atoms with van der Waals surface area (Å²) in [6, 6.07) is 5.17. The number of hydrogen-bond donors (Lipinski definition) is 1. The van der Waals surface area contributed by atoms with Gasteiger partial charge in [0.25, 0.3) is 0 Å². The summed E-state index contributed by atoms with van der Waals surface area (Å²) in [5.41, 5.74) is 2.62. The molecule has 1 saturated carbocycles. The standard InChI is InChI=1S/C15H15NO4S/c1-9-6-10(8-21(18)19)2-5-12(9)14(17)13-7-16-20-15(13)11-3-4-11/h2,5-7,11H,3-4,8H2,1H3,(H,18,19). The molecular weight excluding hydrogens is 290 g/mol. The van der Waals surface area contributed by atoms with Gasteiger partial charge in [-0.15, -0.1) is 0 Å². The van der Waals surface area contributed by atoms with Crippen molar-refractivity contribution in [1.82, 2.24) is 5.16 Å². The highest BCUT2D eigenvalue weighted by Crippen LogP contribution is 2.42. The molecule has 21 heavy (non-hydrogen) atoms. The molecule has 0 bridgehead atoms. The monoisotopic (exact) mass is 305 g/mol. The largest absolute Gasteiger partial charge is 0.360 e. The zero-order valence-corrected chi connectivity index (χ0v) is 12.4. The van der Waals surface area contributed by atoms with E-state index in [9.17, 15) is 9.00 Å². The molecule has 0 amide bonds. The van der Waals surface area contributed by atoms with Gasteiger partial charge in [0.15, 0.2) is 22.6 Å². The second kappa shape index (κ2) is 5.54. The Bertz CT molecular complexity index is 718. The average molecular weight is 305 g/mol. The van der Waals surface area contributed by atoms with Crippen LogP contribution in [0.15, 0.2) is 28.9 Å². The number of carbonyl (C=O) groups is 1. The first-order chi connectivity index (χ1) is 10.1. The summed E-state index contributed by atoms with van der Waals surface area (Å²) in [4.78, 5) is 12.6. The van der Waals surface area contributed by atoms with Gasteiger partial charge in [0.2, 0.25) is 0 Å². The van der Waals surface area contributed by atoms with Gasteiger partial charge in [-0.2, -0.15) is 0 Å². The van der Waals surface area contributed by atoms with Crippen LogP contribution >= 0.6 is 0 Å². The molecule has 1 heterocycles. The van der Waals surface area contributed by atoms with Crippen LogP contribution in [-0.2, 0) is 16.8 Å². The number of benzene rings is 1. The molecule has 1 atom stereocenters. The van der Waals surface area contributed by atoms with Gasteiger partial charge in [-0.1, -0.05) is 23.4 Å². The molecule has 1 aliphatic carbocycles. The van der Waals surface area contributed by atoms with E-state index in [1.165, 1.54) is 6.20 Å². The molecule has 1 aromatic heterocycles. The third kappa shape index (κ3) is 2.96. The molecule has 1 aromatic carbocycles. The van der Waals surface area contributed by atoms with Crippen molar-refractivity contribution in [2.75, 3.05) is 0 Å². The van der Waals surface area contributed by atoms with Crippen molar-refractivity contribution in [3.05, 3.63) is 52.4 Å². The maximum Gasteiger partial charge on any atom is 0.198 e. The normalized spacial score (nSPS) is 15.9. The fourth-order valence-corrected chi connectivity index (χ4v) is 2.88. The van der Waals surface area contributed by atoms with Gasteiger partial charge in [-0.3, -0.25) is 4.79 Å². The van der Waals surface area contributed by atoms with E-state index in [0.717, 1.165) is 24.0 Å². The number of ketones is 1. The van der Waals surface area contributed by atoms with Crippen LogP contribution in [0.25, 0.3) is 0 Å².